The third-order valence-corrected chi connectivity index (χ3v) is 4.14. The van der Waals surface area contributed by atoms with Crippen molar-refractivity contribution in [1.29, 1.82) is 0 Å². The Labute approximate surface area is 108 Å². The molecule has 0 radical (unpaired) electrons. The first-order valence-electron chi connectivity index (χ1n) is 6.17. The maximum absolute atomic E-state index is 11.1. The fraction of sp³-hybridized carbons (Fsp3) is 0.769. The normalized spacial score (nSPS) is 35.2. The summed E-state index contributed by atoms with van der Waals surface area (Å²) < 4.78 is 0. The third-order valence-electron chi connectivity index (χ3n) is 4.14. The van der Waals surface area contributed by atoms with Gasteiger partial charge in [0.15, 0.2) is 5.78 Å². The van der Waals surface area contributed by atoms with Gasteiger partial charge in [-0.1, -0.05) is 32.3 Å². The van der Waals surface area contributed by atoms with Gasteiger partial charge in [0.25, 0.3) is 0 Å². The highest BCUT2D eigenvalue weighted by Crippen LogP contribution is 2.51. The van der Waals surface area contributed by atoms with Crippen molar-refractivity contribution in [2.75, 3.05) is 0 Å². The Morgan fingerprint density at radius 3 is 2.50 bits per heavy atom. The van der Waals surface area contributed by atoms with Gasteiger partial charge in [0.1, 0.15) is 0 Å². The first-order chi connectivity index (χ1) is 8.18. The summed E-state index contributed by atoms with van der Waals surface area (Å²) in [6.45, 7) is 7.04. The minimum atomic E-state index is -1.31. The highest BCUT2D eigenvalue weighted by Gasteiger charge is 2.56. The summed E-state index contributed by atoms with van der Waals surface area (Å²) in [5.41, 5.74) is 6.04. The molecule has 18 heavy (non-hydrogen) atoms. The predicted octanol–water partition coefficient (Wildman–Crippen LogP) is 3.14. The zero-order chi connectivity index (χ0) is 14.0. The number of hydrogen-bond acceptors (Lipinski definition) is 3. The number of hydrogen-bond donors (Lipinski definition) is 1. The molecule has 1 rings (SSSR count). The molecule has 0 aromatic heterocycles. The van der Waals surface area contributed by atoms with Gasteiger partial charge >= 0.3 is 0 Å². The number of carbonyl (C=O) groups is 1. The van der Waals surface area contributed by atoms with Crippen LogP contribution in [-0.2, 0) is 4.79 Å². The molecule has 0 amide bonds. The monoisotopic (exact) mass is 251 g/mol. The van der Waals surface area contributed by atoms with E-state index in [4.69, 9.17) is 5.53 Å². The van der Waals surface area contributed by atoms with E-state index in [-0.39, 0.29) is 5.78 Å². The molecule has 2 atom stereocenters. The summed E-state index contributed by atoms with van der Waals surface area (Å²) in [6.07, 6.45) is 5.18. The van der Waals surface area contributed by atoms with E-state index in [1.165, 1.54) is 19.1 Å². The van der Waals surface area contributed by atoms with E-state index >= 15 is 0 Å². The van der Waals surface area contributed by atoms with Crippen LogP contribution in [0.15, 0.2) is 17.3 Å². The third kappa shape index (κ3) is 2.28. The average Bonchev–Trinajstić information content (AvgIpc) is 2.23. The fourth-order valence-corrected chi connectivity index (χ4v) is 2.85. The molecule has 5 heteroatoms. The molecule has 0 aromatic rings. The number of nitrogens with zero attached hydrogens (tertiary/aromatic N) is 3. The Morgan fingerprint density at radius 2 is 2.00 bits per heavy atom. The maximum atomic E-state index is 11.1. The Kier molecular flexibility index (Phi) is 3.89. The van der Waals surface area contributed by atoms with Crippen LogP contribution in [0.2, 0.25) is 0 Å². The second-order valence-electron chi connectivity index (χ2n) is 5.91. The van der Waals surface area contributed by atoms with Crippen molar-refractivity contribution in [1.82, 2.24) is 0 Å². The van der Waals surface area contributed by atoms with Crippen molar-refractivity contribution in [2.45, 2.75) is 58.1 Å². The van der Waals surface area contributed by atoms with Crippen LogP contribution in [0.4, 0.5) is 0 Å². The van der Waals surface area contributed by atoms with Crippen LogP contribution in [0.5, 0.6) is 0 Å². The minimum Gasteiger partial charge on any atom is -0.385 e. The van der Waals surface area contributed by atoms with Crippen LogP contribution < -0.4 is 0 Å². The fourth-order valence-electron chi connectivity index (χ4n) is 2.85. The quantitative estimate of drug-likeness (QED) is 0.361. The molecule has 1 aliphatic carbocycles. The Hall–Kier alpha value is -1.32. The molecule has 100 valence electrons. The molecule has 1 saturated carbocycles. The van der Waals surface area contributed by atoms with Crippen molar-refractivity contribution in [3.8, 4) is 0 Å². The molecule has 0 aromatic carbocycles. The summed E-state index contributed by atoms with van der Waals surface area (Å²) >= 11 is 0. The molecule has 0 saturated heterocycles. The smallest absolute Gasteiger partial charge is 0.152 e. The predicted molar refractivity (Wildman–Crippen MR) is 70.0 cm³/mol. The van der Waals surface area contributed by atoms with Crippen molar-refractivity contribution in [3.05, 3.63) is 22.6 Å². The minimum absolute atomic E-state index is 0.131. The summed E-state index contributed by atoms with van der Waals surface area (Å²) in [7, 11) is 0. The van der Waals surface area contributed by atoms with E-state index in [9.17, 15) is 9.90 Å². The van der Waals surface area contributed by atoms with E-state index < -0.39 is 16.6 Å². The Bertz CT molecular complexity index is 424. The van der Waals surface area contributed by atoms with Gasteiger partial charge < -0.3 is 5.11 Å². The largest absolute Gasteiger partial charge is 0.385 e. The van der Waals surface area contributed by atoms with Crippen LogP contribution in [0.1, 0.15) is 47.0 Å². The van der Waals surface area contributed by atoms with Crippen LogP contribution in [0, 0.1) is 5.41 Å². The molecular weight excluding hydrogens is 230 g/mol. The highest BCUT2D eigenvalue weighted by atomic mass is 16.3. The van der Waals surface area contributed by atoms with Crippen molar-refractivity contribution >= 4 is 5.78 Å². The van der Waals surface area contributed by atoms with Crippen LogP contribution in [-0.4, -0.2) is 22.0 Å². The Morgan fingerprint density at radius 1 is 1.39 bits per heavy atom. The maximum Gasteiger partial charge on any atom is 0.152 e. The van der Waals surface area contributed by atoms with Gasteiger partial charge in [-0.3, -0.25) is 4.79 Å². The summed E-state index contributed by atoms with van der Waals surface area (Å²) in [6, 6.07) is 0. The average molecular weight is 251 g/mol. The molecule has 0 spiro atoms. The molecular formula is C13H21N3O2. The van der Waals surface area contributed by atoms with E-state index in [2.05, 4.69) is 10.0 Å². The lowest BCUT2D eigenvalue weighted by molar-refractivity contribution is -0.115. The lowest BCUT2D eigenvalue weighted by Crippen LogP contribution is -2.61. The zero-order valence-corrected chi connectivity index (χ0v) is 11.5. The van der Waals surface area contributed by atoms with Crippen molar-refractivity contribution in [3.63, 3.8) is 0 Å². The number of rotatable bonds is 3. The van der Waals surface area contributed by atoms with E-state index in [1.54, 1.807) is 6.92 Å². The van der Waals surface area contributed by atoms with E-state index in [0.717, 1.165) is 12.8 Å². The van der Waals surface area contributed by atoms with E-state index in [0.29, 0.717) is 6.42 Å². The first kappa shape index (κ1) is 14.7. The number of allylic oxidation sites excluding steroid dienone is 1. The first-order valence-corrected chi connectivity index (χ1v) is 6.17. The van der Waals surface area contributed by atoms with Crippen LogP contribution >= 0.6 is 0 Å². The van der Waals surface area contributed by atoms with Crippen molar-refractivity contribution in [2.24, 2.45) is 10.5 Å². The number of ketones is 1. The zero-order valence-electron chi connectivity index (χ0n) is 11.5. The van der Waals surface area contributed by atoms with Gasteiger partial charge in [-0.15, -0.1) is 0 Å². The molecule has 0 bridgehead atoms. The number of carbonyl (C=O) groups excluding carboxylic acids is 1. The Balaban J connectivity index is 3.33. The highest BCUT2D eigenvalue weighted by molar-refractivity contribution is 5.87. The molecule has 5 nitrogen and oxygen atoms in total. The van der Waals surface area contributed by atoms with Gasteiger partial charge in [0.2, 0.25) is 0 Å². The lowest BCUT2D eigenvalue weighted by Gasteiger charge is -2.54. The van der Waals surface area contributed by atoms with Gasteiger partial charge in [-0.25, -0.2) is 0 Å². The molecule has 0 unspecified atom stereocenters. The molecule has 0 heterocycles. The van der Waals surface area contributed by atoms with Gasteiger partial charge in [0, 0.05) is 4.91 Å². The molecule has 1 fully saturated rings. The summed E-state index contributed by atoms with van der Waals surface area (Å²) in [5, 5.41) is 14.8. The van der Waals surface area contributed by atoms with Crippen molar-refractivity contribution < 1.29 is 9.90 Å². The van der Waals surface area contributed by atoms with Crippen LogP contribution in [0.25, 0.3) is 10.4 Å². The SMILES string of the molecule is CC(=O)/C=C/[C@@]1(O)C(C)(C)CCC[C@@]1(C)N=[N+]=[N-]. The van der Waals surface area contributed by atoms with Gasteiger partial charge in [0.05, 0.1) is 11.1 Å². The summed E-state index contributed by atoms with van der Waals surface area (Å²) in [4.78, 5) is 14.0. The standard InChI is InChI=1S/C13H21N3O2/c1-10(17)6-9-13(18)11(2,3)7-5-8-12(13,4)15-16-14/h6,9,18H,5,7-8H2,1-4H3/b9-6+/t12-,13-/m1/s1. The second kappa shape index (κ2) is 4.75. The topological polar surface area (TPSA) is 86.1 Å². The van der Waals surface area contributed by atoms with Gasteiger partial charge in [-0.05, 0) is 42.9 Å². The lowest BCUT2D eigenvalue weighted by atomic mass is 9.57. The summed E-state index contributed by atoms with van der Waals surface area (Å²) in [5.74, 6) is -0.131. The van der Waals surface area contributed by atoms with Gasteiger partial charge in [-0.2, -0.15) is 0 Å². The van der Waals surface area contributed by atoms with Crippen LogP contribution in [0.3, 0.4) is 0 Å². The molecule has 1 aliphatic rings. The number of aliphatic hydroxyl groups is 1. The number of azide groups is 1. The van der Waals surface area contributed by atoms with E-state index in [1.807, 2.05) is 13.8 Å². The molecule has 0 aliphatic heterocycles. The second-order valence-corrected chi connectivity index (χ2v) is 5.91. The molecule has 1 N–H and O–H groups in total.